The molecule has 2 fully saturated rings. The molecule has 9 heteroatoms. The summed E-state index contributed by atoms with van der Waals surface area (Å²) >= 11 is 1.61. The fourth-order valence-corrected chi connectivity index (χ4v) is 5.26. The highest BCUT2D eigenvalue weighted by atomic mass is 32.1. The number of piperidine rings is 1. The Morgan fingerprint density at radius 2 is 1.77 bits per heavy atom. The van der Waals surface area contributed by atoms with Gasteiger partial charge in [-0.15, -0.1) is 5.10 Å². The van der Waals surface area contributed by atoms with Gasteiger partial charge in [0.1, 0.15) is 5.75 Å². The van der Waals surface area contributed by atoms with Crippen LogP contribution in [0.1, 0.15) is 12.8 Å². The van der Waals surface area contributed by atoms with Crippen LogP contribution in [0.15, 0.2) is 30.5 Å². The van der Waals surface area contributed by atoms with Crippen LogP contribution < -0.4 is 9.64 Å². The lowest BCUT2D eigenvalue weighted by atomic mass is 9.95. The Labute approximate surface area is 186 Å². The van der Waals surface area contributed by atoms with Crippen LogP contribution in [-0.4, -0.2) is 83.7 Å². The highest BCUT2D eigenvalue weighted by Gasteiger charge is 2.31. The molecule has 2 aliphatic rings. The maximum absolute atomic E-state index is 12.9. The number of piperazine rings is 1. The number of carbonyl (C=O) groups excluding carboxylic acids is 1. The Balaban J connectivity index is 1.22. The predicted molar refractivity (Wildman–Crippen MR) is 122 cm³/mol. The molecule has 4 heterocycles. The van der Waals surface area contributed by atoms with Crippen molar-refractivity contribution in [3.05, 3.63) is 30.5 Å². The van der Waals surface area contributed by atoms with Crippen LogP contribution in [0.2, 0.25) is 0 Å². The number of amides is 1. The highest BCUT2D eigenvalue weighted by Crippen LogP contribution is 2.30. The molecule has 0 unspecified atom stereocenters. The number of carbonyl (C=O) groups is 1. The van der Waals surface area contributed by atoms with Crippen molar-refractivity contribution in [1.82, 2.24) is 24.4 Å². The topological polar surface area (TPSA) is 66.2 Å². The molecule has 0 aliphatic carbocycles. The van der Waals surface area contributed by atoms with Crippen molar-refractivity contribution in [3.8, 4) is 17.0 Å². The van der Waals surface area contributed by atoms with Gasteiger partial charge in [0, 0.05) is 50.7 Å². The fourth-order valence-electron chi connectivity index (χ4n) is 4.32. The molecular weight excluding hydrogens is 412 g/mol. The van der Waals surface area contributed by atoms with Gasteiger partial charge in [0.25, 0.3) is 0 Å². The van der Waals surface area contributed by atoms with Gasteiger partial charge in [-0.2, -0.15) is 0 Å². The van der Waals surface area contributed by atoms with Crippen molar-refractivity contribution in [3.63, 3.8) is 0 Å². The number of likely N-dealkylation sites (N-methyl/N-ethyl adjacent to an activating group) is 1. The van der Waals surface area contributed by atoms with Gasteiger partial charge < -0.3 is 19.4 Å². The molecule has 3 aromatic rings. The molecular formula is C22H28N6O2S. The minimum Gasteiger partial charge on any atom is -0.497 e. The third-order valence-corrected chi connectivity index (χ3v) is 7.33. The number of methoxy groups -OCH3 is 1. The standard InChI is InChI=1S/C22H28N6O2S/c1-25-11-13-26(14-12-25)20(29)17-7-9-27(10-8-17)22-24-28-15-19(23-21(28)31-22)16-3-5-18(30-2)6-4-16/h3-6,15,17H,7-14H2,1-2H3. The van der Waals surface area contributed by atoms with E-state index >= 15 is 0 Å². The average Bonchev–Trinajstić information content (AvgIpc) is 3.39. The summed E-state index contributed by atoms with van der Waals surface area (Å²) in [4.78, 5) is 25.1. The number of rotatable bonds is 4. The number of anilines is 1. The number of benzene rings is 1. The first-order valence-electron chi connectivity index (χ1n) is 10.8. The summed E-state index contributed by atoms with van der Waals surface area (Å²) in [5.74, 6) is 1.32. The number of imidazole rings is 1. The molecule has 0 N–H and O–H groups in total. The van der Waals surface area contributed by atoms with Gasteiger partial charge in [0.05, 0.1) is 19.0 Å². The van der Waals surface area contributed by atoms with Crippen LogP contribution >= 0.6 is 11.3 Å². The van der Waals surface area contributed by atoms with Crippen LogP contribution in [0, 0.1) is 5.92 Å². The highest BCUT2D eigenvalue weighted by molar-refractivity contribution is 7.20. The van der Waals surface area contributed by atoms with Crippen LogP contribution in [-0.2, 0) is 4.79 Å². The summed E-state index contributed by atoms with van der Waals surface area (Å²) in [7, 11) is 3.78. The van der Waals surface area contributed by atoms with Crippen LogP contribution in [0.5, 0.6) is 5.75 Å². The lowest BCUT2D eigenvalue weighted by Gasteiger charge is -2.37. The molecule has 1 amide bonds. The smallest absolute Gasteiger partial charge is 0.225 e. The van der Waals surface area contributed by atoms with Gasteiger partial charge in [-0.1, -0.05) is 11.3 Å². The molecule has 1 aromatic carbocycles. The van der Waals surface area contributed by atoms with Gasteiger partial charge in [0.2, 0.25) is 16.0 Å². The Hall–Kier alpha value is -2.65. The zero-order valence-electron chi connectivity index (χ0n) is 18.0. The Bertz CT molecular complexity index is 1010. The summed E-state index contributed by atoms with van der Waals surface area (Å²) < 4.78 is 7.09. The summed E-state index contributed by atoms with van der Waals surface area (Å²) in [6.45, 7) is 5.40. The first-order chi connectivity index (χ1) is 15.1. The third-order valence-electron chi connectivity index (χ3n) is 6.35. The molecule has 0 bridgehead atoms. The van der Waals surface area contributed by atoms with E-state index in [1.165, 1.54) is 0 Å². The first kappa shape index (κ1) is 20.3. The number of hydrogen-bond donors (Lipinski definition) is 0. The lowest BCUT2D eigenvalue weighted by molar-refractivity contribution is -0.137. The van der Waals surface area contributed by atoms with E-state index in [2.05, 4.69) is 21.7 Å². The largest absolute Gasteiger partial charge is 0.497 e. The molecule has 5 rings (SSSR count). The van der Waals surface area contributed by atoms with Gasteiger partial charge in [-0.3, -0.25) is 4.79 Å². The zero-order chi connectivity index (χ0) is 21.4. The molecule has 0 atom stereocenters. The minimum atomic E-state index is 0.144. The van der Waals surface area contributed by atoms with E-state index in [9.17, 15) is 4.79 Å². The monoisotopic (exact) mass is 440 g/mol. The van der Waals surface area contributed by atoms with Crippen molar-refractivity contribution < 1.29 is 9.53 Å². The number of fused-ring (bicyclic) bond motifs is 1. The van der Waals surface area contributed by atoms with E-state index in [0.717, 1.165) is 79.2 Å². The second kappa shape index (κ2) is 8.47. The second-order valence-electron chi connectivity index (χ2n) is 8.36. The van der Waals surface area contributed by atoms with E-state index in [4.69, 9.17) is 14.8 Å². The molecule has 0 saturated carbocycles. The normalized spacial score (nSPS) is 18.6. The average molecular weight is 441 g/mol. The molecule has 0 radical (unpaired) electrons. The Morgan fingerprint density at radius 3 is 2.42 bits per heavy atom. The summed E-state index contributed by atoms with van der Waals surface area (Å²) in [5, 5.41) is 5.74. The molecule has 2 saturated heterocycles. The minimum absolute atomic E-state index is 0.144. The quantitative estimate of drug-likeness (QED) is 0.621. The predicted octanol–water partition coefficient (Wildman–Crippen LogP) is 2.46. The van der Waals surface area contributed by atoms with Crippen molar-refractivity contribution in [2.75, 3.05) is 58.3 Å². The molecule has 2 aliphatic heterocycles. The first-order valence-corrected chi connectivity index (χ1v) is 11.7. The van der Waals surface area contributed by atoms with Crippen molar-refractivity contribution in [2.24, 2.45) is 5.92 Å². The van der Waals surface area contributed by atoms with Crippen molar-refractivity contribution >= 4 is 27.3 Å². The van der Waals surface area contributed by atoms with Crippen LogP contribution in [0.25, 0.3) is 16.2 Å². The third kappa shape index (κ3) is 4.12. The zero-order valence-corrected chi connectivity index (χ0v) is 18.8. The van der Waals surface area contributed by atoms with E-state index in [-0.39, 0.29) is 5.92 Å². The second-order valence-corrected chi connectivity index (χ2v) is 9.29. The Morgan fingerprint density at radius 1 is 1.06 bits per heavy atom. The Kier molecular flexibility index (Phi) is 5.54. The number of nitrogens with zero attached hydrogens (tertiary/aromatic N) is 6. The van der Waals surface area contributed by atoms with E-state index in [1.54, 1.807) is 18.4 Å². The molecule has 0 spiro atoms. The van der Waals surface area contributed by atoms with Crippen LogP contribution in [0.3, 0.4) is 0 Å². The van der Waals surface area contributed by atoms with E-state index < -0.39 is 0 Å². The van der Waals surface area contributed by atoms with Gasteiger partial charge >= 0.3 is 0 Å². The van der Waals surface area contributed by atoms with Gasteiger partial charge in [-0.05, 0) is 44.2 Å². The maximum Gasteiger partial charge on any atom is 0.225 e. The molecule has 2 aromatic heterocycles. The summed E-state index contributed by atoms with van der Waals surface area (Å²) in [5.41, 5.74) is 1.95. The van der Waals surface area contributed by atoms with Crippen LogP contribution in [0.4, 0.5) is 5.13 Å². The number of ether oxygens (including phenoxy) is 1. The van der Waals surface area contributed by atoms with Gasteiger partial charge in [-0.25, -0.2) is 9.50 Å². The summed E-state index contributed by atoms with van der Waals surface area (Å²) in [6, 6.07) is 7.90. The number of aromatic nitrogens is 3. The van der Waals surface area contributed by atoms with E-state index in [0.29, 0.717) is 5.91 Å². The van der Waals surface area contributed by atoms with Crippen molar-refractivity contribution in [1.29, 1.82) is 0 Å². The molecule has 8 nitrogen and oxygen atoms in total. The molecule has 164 valence electrons. The SMILES string of the molecule is COc1ccc(-c2cn3nc(N4CCC(C(=O)N5CCN(C)CC5)CC4)sc3n2)cc1. The molecule has 31 heavy (non-hydrogen) atoms. The van der Waals surface area contributed by atoms with Gasteiger partial charge in [0.15, 0.2) is 0 Å². The van der Waals surface area contributed by atoms with E-state index in [1.807, 2.05) is 35.0 Å². The number of hydrogen-bond acceptors (Lipinski definition) is 7. The fraction of sp³-hybridized carbons (Fsp3) is 0.500. The lowest BCUT2D eigenvalue weighted by Crippen LogP contribution is -2.50. The maximum atomic E-state index is 12.9. The van der Waals surface area contributed by atoms with Crippen molar-refractivity contribution in [2.45, 2.75) is 12.8 Å². The summed E-state index contributed by atoms with van der Waals surface area (Å²) in [6.07, 6.45) is 3.76.